The standard InChI is InChI=1S/C15H20FN3/c1-10-13(11(2)19(4)18-10)9-15(17-3)12-7-5-6-8-14(12)16/h5-8,15,17H,9H2,1-4H3. The summed E-state index contributed by atoms with van der Waals surface area (Å²) < 4.78 is 15.7. The Morgan fingerprint density at radius 1 is 1.32 bits per heavy atom. The van der Waals surface area contributed by atoms with Gasteiger partial charge in [0.05, 0.1) is 5.69 Å². The van der Waals surface area contributed by atoms with Crippen LogP contribution in [0.5, 0.6) is 0 Å². The summed E-state index contributed by atoms with van der Waals surface area (Å²) in [6.45, 7) is 4.04. The molecule has 0 saturated heterocycles. The van der Waals surface area contributed by atoms with Gasteiger partial charge in [-0.2, -0.15) is 5.10 Å². The fourth-order valence-corrected chi connectivity index (χ4v) is 2.44. The number of aromatic nitrogens is 2. The molecule has 3 nitrogen and oxygen atoms in total. The van der Waals surface area contributed by atoms with Crippen LogP contribution in [0.15, 0.2) is 24.3 Å². The fraction of sp³-hybridized carbons (Fsp3) is 0.400. The molecule has 0 fully saturated rings. The van der Waals surface area contributed by atoms with Crippen molar-refractivity contribution in [2.45, 2.75) is 26.3 Å². The van der Waals surface area contributed by atoms with Crippen LogP contribution in [0.1, 0.15) is 28.6 Å². The number of likely N-dealkylation sites (N-methyl/N-ethyl adjacent to an activating group) is 1. The van der Waals surface area contributed by atoms with E-state index in [-0.39, 0.29) is 11.9 Å². The molecule has 0 aliphatic carbocycles. The summed E-state index contributed by atoms with van der Waals surface area (Å²) in [5.74, 6) is -0.166. The van der Waals surface area contributed by atoms with E-state index in [1.54, 1.807) is 6.07 Å². The van der Waals surface area contributed by atoms with E-state index in [0.717, 1.165) is 17.8 Å². The third kappa shape index (κ3) is 2.68. The predicted octanol–water partition coefficient (Wildman–Crippen LogP) is 2.68. The van der Waals surface area contributed by atoms with Gasteiger partial charge in [0.15, 0.2) is 0 Å². The molecule has 1 aromatic heterocycles. The van der Waals surface area contributed by atoms with E-state index < -0.39 is 0 Å². The zero-order valence-corrected chi connectivity index (χ0v) is 11.9. The molecule has 2 rings (SSSR count). The quantitative estimate of drug-likeness (QED) is 0.917. The highest BCUT2D eigenvalue weighted by Gasteiger charge is 2.18. The number of halogens is 1. The second kappa shape index (κ2) is 5.53. The van der Waals surface area contributed by atoms with E-state index in [4.69, 9.17) is 0 Å². The topological polar surface area (TPSA) is 29.9 Å². The number of nitrogens with zero attached hydrogens (tertiary/aromatic N) is 2. The van der Waals surface area contributed by atoms with Gasteiger partial charge >= 0.3 is 0 Å². The summed E-state index contributed by atoms with van der Waals surface area (Å²) in [6, 6.07) is 6.88. The van der Waals surface area contributed by atoms with Crippen molar-refractivity contribution >= 4 is 0 Å². The van der Waals surface area contributed by atoms with Gasteiger partial charge in [-0.15, -0.1) is 0 Å². The first-order valence-electron chi connectivity index (χ1n) is 6.45. The molecule has 1 aromatic carbocycles. The molecule has 1 atom stereocenters. The highest BCUT2D eigenvalue weighted by Crippen LogP contribution is 2.24. The molecule has 0 spiro atoms. The summed E-state index contributed by atoms with van der Waals surface area (Å²) >= 11 is 0. The van der Waals surface area contributed by atoms with Gasteiger partial charge in [0, 0.05) is 24.3 Å². The van der Waals surface area contributed by atoms with Crippen LogP contribution in [0, 0.1) is 19.7 Å². The maximum absolute atomic E-state index is 13.9. The highest BCUT2D eigenvalue weighted by atomic mass is 19.1. The first kappa shape index (κ1) is 13.7. The monoisotopic (exact) mass is 261 g/mol. The van der Waals surface area contributed by atoms with Gasteiger partial charge in [0.2, 0.25) is 0 Å². The first-order chi connectivity index (χ1) is 9.04. The molecule has 4 heteroatoms. The summed E-state index contributed by atoms with van der Waals surface area (Å²) in [4.78, 5) is 0. The lowest BCUT2D eigenvalue weighted by atomic mass is 9.97. The third-order valence-corrected chi connectivity index (χ3v) is 3.70. The molecule has 1 unspecified atom stereocenters. The van der Waals surface area contributed by atoms with Crippen molar-refractivity contribution in [2.24, 2.45) is 7.05 Å². The first-order valence-corrected chi connectivity index (χ1v) is 6.45. The number of benzene rings is 1. The maximum atomic E-state index is 13.9. The maximum Gasteiger partial charge on any atom is 0.127 e. The molecule has 0 radical (unpaired) electrons. The average Bonchev–Trinajstić information content (AvgIpc) is 2.63. The molecule has 102 valence electrons. The number of hydrogen-bond acceptors (Lipinski definition) is 2. The van der Waals surface area contributed by atoms with Gasteiger partial charge in [-0.05, 0) is 38.9 Å². The Morgan fingerprint density at radius 2 is 2.00 bits per heavy atom. The van der Waals surface area contributed by atoms with Crippen LogP contribution < -0.4 is 5.32 Å². The van der Waals surface area contributed by atoms with Crippen molar-refractivity contribution in [1.82, 2.24) is 15.1 Å². The average molecular weight is 261 g/mol. The minimum Gasteiger partial charge on any atom is -0.313 e. The predicted molar refractivity (Wildman–Crippen MR) is 74.6 cm³/mol. The third-order valence-electron chi connectivity index (χ3n) is 3.70. The Balaban J connectivity index is 2.32. The van der Waals surface area contributed by atoms with Crippen LogP contribution in [0.4, 0.5) is 4.39 Å². The highest BCUT2D eigenvalue weighted by molar-refractivity contribution is 5.29. The molecule has 0 amide bonds. The molecule has 0 aliphatic rings. The lowest BCUT2D eigenvalue weighted by molar-refractivity contribution is 0.532. The smallest absolute Gasteiger partial charge is 0.127 e. The molecular formula is C15H20FN3. The Kier molecular flexibility index (Phi) is 4.00. The van der Waals surface area contributed by atoms with Crippen molar-refractivity contribution in [3.8, 4) is 0 Å². The van der Waals surface area contributed by atoms with Crippen LogP contribution in [0.2, 0.25) is 0 Å². The van der Waals surface area contributed by atoms with Crippen LogP contribution in [0.3, 0.4) is 0 Å². The minimum absolute atomic E-state index is 0.0391. The normalized spacial score (nSPS) is 12.7. The zero-order chi connectivity index (χ0) is 14.0. The molecule has 0 bridgehead atoms. The number of aryl methyl sites for hydroxylation is 2. The van der Waals surface area contributed by atoms with E-state index in [1.165, 1.54) is 11.6 Å². The van der Waals surface area contributed by atoms with Crippen LogP contribution >= 0.6 is 0 Å². The summed E-state index contributed by atoms with van der Waals surface area (Å²) in [5, 5.41) is 7.60. The van der Waals surface area contributed by atoms with Crippen LogP contribution in [-0.4, -0.2) is 16.8 Å². The Labute approximate surface area is 113 Å². The Bertz CT molecular complexity index is 575. The molecule has 2 aromatic rings. The van der Waals surface area contributed by atoms with Gasteiger partial charge in [-0.3, -0.25) is 4.68 Å². The van der Waals surface area contributed by atoms with Gasteiger partial charge in [0.1, 0.15) is 5.82 Å². The van der Waals surface area contributed by atoms with Crippen LogP contribution in [-0.2, 0) is 13.5 Å². The van der Waals surface area contributed by atoms with Crippen molar-refractivity contribution in [1.29, 1.82) is 0 Å². The number of rotatable bonds is 4. The van der Waals surface area contributed by atoms with Gasteiger partial charge in [-0.25, -0.2) is 4.39 Å². The van der Waals surface area contributed by atoms with Crippen LogP contribution in [0.25, 0.3) is 0 Å². The lowest BCUT2D eigenvalue weighted by Crippen LogP contribution is -2.20. The minimum atomic E-state index is -0.166. The second-order valence-corrected chi connectivity index (χ2v) is 4.84. The SMILES string of the molecule is CNC(Cc1c(C)nn(C)c1C)c1ccccc1F. The molecule has 1 N–H and O–H groups in total. The molecule has 1 heterocycles. The van der Waals surface area contributed by atoms with Crippen molar-refractivity contribution < 1.29 is 4.39 Å². The van der Waals surface area contributed by atoms with Crippen molar-refractivity contribution in [2.75, 3.05) is 7.05 Å². The number of nitrogens with one attached hydrogen (secondary N) is 1. The molecular weight excluding hydrogens is 241 g/mol. The second-order valence-electron chi connectivity index (χ2n) is 4.84. The lowest BCUT2D eigenvalue weighted by Gasteiger charge is -2.17. The summed E-state index contributed by atoms with van der Waals surface area (Å²) in [5.41, 5.74) is 4.03. The van der Waals surface area contributed by atoms with E-state index in [9.17, 15) is 4.39 Å². The van der Waals surface area contributed by atoms with E-state index in [1.807, 2.05) is 44.8 Å². The van der Waals surface area contributed by atoms with E-state index in [2.05, 4.69) is 10.4 Å². The molecule has 0 aliphatic heterocycles. The Morgan fingerprint density at radius 3 is 2.53 bits per heavy atom. The summed E-state index contributed by atoms with van der Waals surface area (Å²) in [7, 11) is 3.79. The number of hydrogen-bond donors (Lipinski definition) is 1. The van der Waals surface area contributed by atoms with Gasteiger partial charge in [0.25, 0.3) is 0 Å². The molecule has 19 heavy (non-hydrogen) atoms. The van der Waals surface area contributed by atoms with Gasteiger partial charge in [-0.1, -0.05) is 18.2 Å². The van der Waals surface area contributed by atoms with Gasteiger partial charge < -0.3 is 5.32 Å². The molecule has 0 saturated carbocycles. The largest absolute Gasteiger partial charge is 0.313 e. The van der Waals surface area contributed by atoms with Crippen molar-refractivity contribution in [3.05, 3.63) is 52.6 Å². The fourth-order valence-electron chi connectivity index (χ4n) is 2.44. The Hall–Kier alpha value is -1.68. The summed E-state index contributed by atoms with van der Waals surface area (Å²) in [6.07, 6.45) is 0.739. The van der Waals surface area contributed by atoms with E-state index in [0.29, 0.717) is 5.56 Å². The zero-order valence-electron chi connectivity index (χ0n) is 11.9. The van der Waals surface area contributed by atoms with E-state index >= 15 is 0 Å². The van der Waals surface area contributed by atoms with Crippen molar-refractivity contribution in [3.63, 3.8) is 0 Å².